The van der Waals surface area contributed by atoms with Gasteiger partial charge in [-0.3, -0.25) is 0 Å². The van der Waals surface area contributed by atoms with Crippen molar-refractivity contribution in [2.24, 2.45) is 0 Å². The maximum absolute atomic E-state index is 5.64. The van der Waals surface area contributed by atoms with Crippen LogP contribution < -0.4 is 9.47 Å². The first-order chi connectivity index (χ1) is 9.85. The first-order valence-corrected chi connectivity index (χ1v) is 7.22. The van der Waals surface area contributed by atoms with Crippen molar-refractivity contribution in [2.75, 3.05) is 20.3 Å². The monoisotopic (exact) mass is 293 g/mol. The second kappa shape index (κ2) is 6.15. The molecule has 0 atom stereocenters. The Morgan fingerprint density at radius 2 is 2.15 bits per heavy atom. The lowest BCUT2D eigenvalue weighted by Gasteiger charge is -2.18. The maximum Gasteiger partial charge on any atom is 0.298 e. The highest BCUT2D eigenvalue weighted by Gasteiger charge is 2.20. The van der Waals surface area contributed by atoms with Gasteiger partial charge in [0.15, 0.2) is 0 Å². The molecular formula is C13H15N3O3S. The molecular weight excluding hydrogens is 278 g/mol. The van der Waals surface area contributed by atoms with Crippen molar-refractivity contribution in [3.05, 3.63) is 24.2 Å². The van der Waals surface area contributed by atoms with Gasteiger partial charge in [0, 0.05) is 36.7 Å². The lowest BCUT2D eigenvalue weighted by molar-refractivity contribution is 0.0837. The van der Waals surface area contributed by atoms with Gasteiger partial charge in [-0.1, -0.05) is 0 Å². The van der Waals surface area contributed by atoms with Crippen LogP contribution in [0.15, 0.2) is 18.3 Å². The van der Waals surface area contributed by atoms with Gasteiger partial charge in [-0.15, -0.1) is 0 Å². The van der Waals surface area contributed by atoms with E-state index in [1.54, 1.807) is 25.4 Å². The third-order valence-electron chi connectivity index (χ3n) is 3.13. The Morgan fingerprint density at radius 3 is 2.85 bits per heavy atom. The topological polar surface area (TPSA) is 66.4 Å². The summed E-state index contributed by atoms with van der Waals surface area (Å²) in [5.41, 5.74) is 0. The fourth-order valence-electron chi connectivity index (χ4n) is 2.03. The third-order valence-corrected chi connectivity index (χ3v) is 3.74. The van der Waals surface area contributed by atoms with E-state index in [0.717, 1.165) is 31.9 Å². The molecule has 20 heavy (non-hydrogen) atoms. The van der Waals surface area contributed by atoms with Crippen molar-refractivity contribution in [3.63, 3.8) is 0 Å². The molecule has 0 aliphatic carbocycles. The normalized spacial score (nSPS) is 16.1. The van der Waals surface area contributed by atoms with Crippen LogP contribution in [0.1, 0.15) is 24.6 Å². The molecule has 3 rings (SSSR count). The van der Waals surface area contributed by atoms with Gasteiger partial charge in [0.05, 0.1) is 13.3 Å². The second-order valence-corrected chi connectivity index (χ2v) is 5.16. The highest BCUT2D eigenvalue weighted by Crippen LogP contribution is 2.30. The summed E-state index contributed by atoms with van der Waals surface area (Å²) in [5, 5.41) is 0.540. The number of pyridine rings is 1. The quantitative estimate of drug-likeness (QED) is 0.863. The summed E-state index contributed by atoms with van der Waals surface area (Å²) < 4.78 is 20.4. The molecule has 2 aromatic rings. The van der Waals surface area contributed by atoms with E-state index in [1.165, 1.54) is 11.5 Å². The molecule has 0 aromatic carbocycles. The van der Waals surface area contributed by atoms with E-state index in [2.05, 4.69) is 14.3 Å². The van der Waals surface area contributed by atoms with Crippen molar-refractivity contribution in [3.8, 4) is 16.8 Å². The summed E-state index contributed by atoms with van der Waals surface area (Å²) in [6.45, 7) is 1.56. The minimum atomic E-state index is 0.381. The van der Waals surface area contributed by atoms with Gasteiger partial charge in [-0.25, -0.2) is 4.98 Å². The Bertz CT molecular complexity index is 552. The molecule has 1 aliphatic heterocycles. The zero-order valence-corrected chi connectivity index (χ0v) is 11.9. The average Bonchev–Trinajstić information content (AvgIpc) is 2.97. The molecule has 106 valence electrons. The third kappa shape index (κ3) is 3.05. The molecule has 0 N–H and O–H groups in total. The highest BCUT2D eigenvalue weighted by atomic mass is 32.1. The minimum absolute atomic E-state index is 0.381. The van der Waals surface area contributed by atoms with Crippen molar-refractivity contribution in [2.45, 2.75) is 18.8 Å². The summed E-state index contributed by atoms with van der Waals surface area (Å²) >= 11 is 1.26. The van der Waals surface area contributed by atoms with Gasteiger partial charge in [-0.05, 0) is 18.9 Å². The lowest BCUT2D eigenvalue weighted by atomic mass is 10.00. The van der Waals surface area contributed by atoms with E-state index in [9.17, 15) is 0 Å². The second-order valence-electron chi connectivity index (χ2n) is 4.44. The smallest absolute Gasteiger partial charge is 0.298 e. The fraction of sp³-hybridized carbons (Fsp3) is 0.462. The van der Waals surface area contributed by atoms with Gasteiger partial charge < -0.3 is 14.2 Å². The van der Waals surface area contributed by atoms with Crippen molar-refractivity contribution < 1.29 is 14.2 Å². The van der Waals surface area contributed by atoms with Crippen LogP contribution in [0.5, 0.6) is 16.8 Å². The molecule has 6 nitrogen and oxygen atoms in total. The zero-order valence-electron chi connectivity index (χ0n) is 11.1. The van der Waals surface area contributed by atoms with E-state index in [1.807, 2.05) is 0 Å². The van der Waals surface area contributed by atoms with Gasteiger partial charge in [0.1, 0.15) is 11.6 Å². The Labute approximate surface area is 120 Å². The van der Waals surface area contributed by atoms with Gasteiger partial charge >= 0.3 is 0 Å². The Balaban J connectivity index is 1.66. The van der Waals surface area contributed by atoms with Gasteiger partial charge in [0.25, 0.3) is 5.19 Å². The Morgan fingerprint density at radius 1 is 1.30 bits per heavy atom. The van der Waals surface area contributed by atoms with Crippen LogP contribution in [0, 0.1) is 0 Å². The molecule has 7 heteroatoms. The maximum atomic E-state index is 5.64. The molecule has 0 amide bonds. The average molecular weight is 293 g/mol. The molecule has 0 saturated carbocycles. The predicted octanol–water partition coefficient (Wildman–Crippen LogP) is 2.63. The summed E-state index contributed by atoms with van der Waals surface area (Å²) in [5.74, 6) is 2.42. The summed E-state index contributed by atoms with van der Waals surface area (Å²) in [7, 11) is 1.58. The van der Waals surface area contributed by atoms with E-state index >= 15 is 0 Å². The van der Waals surface area contributed by atoms with Crippen LogP contribution in [0.2, 0.25) is 0 Å². The number of ether oxygens (including phenoxy) is 3. The molecule has 0 spiro atoms. The fourth-order valence-corrected chi connectivity index (χ4v) is 2.66. The minimum Gasteiger partial charge on any atom is -0.481 e. The van der Waals surface area contributed by atoms with Crippen LogP contribution in [-0.2, 0) is 4.74 Å². The largest absolute Gasteiger partial charge is 0.481 e. The molecule has 0 bridgehead atoms. The predicted molar refractivity (Wildman–Crippen MR) is 73.6 cm³/mol. The zero-order chi connectivity index (χ0) is 13.8. The number of rotatable bonds is 4. The number of nitrogens with zero attached hydrogens (tertiary/aromatic N) is 3. The molecule has 0 radical (unpaired) electrons. The van der Waals surface area contributed by atoms with Gasteiger partial charge in [-0.2, -0.15) is 9.36 Å². The SMILES string of the molecule is COc1ccc(Oc2nc(C3CCOCC3)ns2)cn1. The van der Waals surface area contributed by atoms with Crippen molar-refractivity contribution in [1.29, 1.82) is 0 Å². The van der Waals surface area contributed by atoms with E-state index < -0.39 is 0 Å². The first-order valence-electron chi connectivity index (χ1n) is 6.44. The van der Waals surface area contributed by atoms with Crippen LogP contribution in [0.3, 0.4) is 0 Å². The Hall–Kier alpha value is -1.73. The number of aromatic nitrogens is 3. The number of hydrogen-bond donors (Lipinski definition) is 0. The molecule has 3 heterocycles. The molecule has 1 aliphatic rings. The molecule has 0 unspecified atom stereocenters. The van der Waals surface area contributed by atoms with Crippen LogP contribution >= 0.6 is 11.5 Å². The lowest BCUT2D eigenvalue weighted by Crippen LogP contribution is -2.15. The summed E-state index contributed by atoms with van der Waals surface area (Å²) in [6, 6.07) is 3.54. The Kier molecular flexibility index (Phi) is 4.08. The van der Waals surface area contributed by atoms with Crippen molar-refractivity contribution >= 4 is 11.5 Å². The van der Waals surface area contributed by atoms with E-state index in [0.29, 0.717) is 22.7 Å². The summed E-state index contributed by atoms with van der Waals surface area (Å²) in [6.07, 6.45) is 3.55. The van der Waals surface area contributed by atoms with E-state index in [4.69, 9.17) is 14.2 Å². The standard InChI is InChI=1S/C13H15N3O3S/c1-17-11-3-2-10(8-14-11)19-13-15-12(16-20-13)9-4-6-18-7-5-9/h2-3,8-9H,4-7H2,1H3. The molecule has 1 saturated heterocycles. The summed E-state index contributed by atoms with van der Waals surface area (Å²) in [4.78, 5) is 8.53. The van der Waals surface area contributed by atoms with E-state index in [-0.39, 0.29) is 0 Å². The van der Waals surface area contributed by atoms with Crippen molar-refractivity contribution in [1.82, 2.24) is 14.3 Å². The van der Waals surface area contributed by atoms with Crippen LogP contribution in [0.25, 0.3) is 0 Å². The highest BCUT2D eigenvalue weighted by molar-refractivity contribution is 7.07. The number of methoxy groups -OCH3 is 1. The number of hydrogen-bond acceptors (Lipinski definition) is 7. The first kappa shape index (κ1) is 13.3. The van der Waals surface area contributed by atoms with Crippen LogP contribution in [-0.4, -0.2) is 34.7 Å². The molecule has 2 aromatic heterocycles. The van der Waals surface area contributed by atoms with Gasteiger partial charge in [0.2, 0.25) is 5.88 Å². The molecule has 1 fully saturated rings. The van der Waals surface area contributed by atoms with Crippen LogP contribution in [0.4, 0.5) is 0 Å².